The Kier molecular flexibility index (Phi) is 7.25. The van der Waals surface area contributed by atoms with E-state index in [9.17, 15) is 21.6 Å². The molecule has 2 heterocycles. The summed E-state index contributed by atoms with van der Waals surface area (Å²) in [5, 5.41) is 5.17. The average Bonchev–Trinajstić information content (AvgIpc) is 3.00. The third kappa shape index (κ3) is 6.04. The van der Waals surface area contributed by atoms with Crippen molar-refractivity contribution in [2.24, 2.45) is 11.1 Å². The number of ketones is 1. The fourth-order valence-corrected chi connectivity index (χ4v) is 5.30. The molecule has 3 N–H and O–H groups in total. The van der Waals surface area contributed by atoms with Gasteiger partial charge in [-0.3, -0.25) is 9.69 Å². The van der Waals surface area contributed by atoms with E-state index >= 15 is 0 Å². The van der Waals surface area contributed by atoms with E-state index in [1.807, 2.05) is 24.5 Å². The van der Waals surface area contributed by atoms with E-state index in [2.05, 4.69) is 9.62 Å². The number of Topliss-reactive ketones (excluding diaryl/α,β-unsaturated/α-hetero) is 1. The third-order valence-corrected chi connectivity index (χ3v) is 7.38. The molecule has 0 bridgehead atoms. The Balaban J connectivity index is 1.73. The molecule has 1 fully saturated rings. The smallest absolute Gasteiger partial charge is 0.238 e. The second-order valence-corrected chi connectivity index (χ2v) is 11.8. The molecule has 0 spiro atoms. The summed E-state index contributed by atoms with van der Waals surface area (Å²) < 4.78 is 50.2. The number of nitrogens with one attached hydrogen (secondary N) is 1. The Morgan fingerprint density at radius 1 is 1.16 bits per heavy atom. The molecule has 32 heavy (non-hydrogen) atoms. The van der Waals surface area contributed by atoms with Crippen molar-refractivity contribution in [3.05, 3.63) is 47.3 Å². The number of carbonyl (C=O) groups excluding carboxylic acids is 1. The molecule has 176 valence electrons. The summed E-state index contributed by atoms with van der Waals surface area (Å²) in [6.07, 6.45) is 2.99. The van der Waals surface area contributed by atoms with Crippen molar-refractivity contribution in [2.75, 3.05) is 32.4 Å². The molecule has 1 aliphatic rings. The van der Waals surface area contributed by atoms with Gasteiger partial charge in [-0.15, -0.1) is 0 Å². The van der Waals surface area contributed by atoms with Crippen molar-refractivity contribution in [2.45, 2.75) is 31.6 Å². The highest BCUT2D eigenvalue weighted by atomic mass is 32.2. The number of piperidine rings is 1. The molecular formula is C21H30N4O5S2. The van der Waals surface area contributed by atoms with Crippen LogP contribution in [0.25, 0.3) is 5.69 Å². The van der Waals surface area contributed by atoms with Gasteiger partial charge in [0.15, 0.2) is 5.78 Å². The molecule has 1 atom stereocenters. The van der Waals surface area contributed by atoms with Crippen LogP contribution in [0, 0.1) is 19.8 Å². The number of aromatic nitrogens is 1. The number of likely N-dealkylation sites (tertiary alicyclic amines) is 1. The number of nitrogens with zero attached hydrogens (tertiary/aromatic N) is 2. The third-order valence-electron chi connectivity index (χ3n) is 5.76. The molecule has 2 aromatic rings. The highest BCUT2D eigenvalue weighted by Gasteiger charge is 2.24. The monoisotopic (exact) mass is 482 g/mol. The number of benzene rings is 1. The fraction of sp³-hybridized carbons (Fsp3) is 0.476. The summed E-state index contributed by atoms with van der Waals surface area (Å²) in [5.74, 6) is 0.179. The summed E-state index contributed by atoms with van der Waals surface area (Å²) in [6.45, 7) is 5.88. The Bertz CT molecular complexity index is 1200. The van der Waals surface area contributed by atoms with E-state index in [4.69, 9.17) is 5.14 Å². The van der Waals surface area contributed by atoms with Crippen LogP contribution in [-0.4, -0.2) is 64.5 Å². The maximum atomic E-state index is 13.1. The van der Waals surface area contributed by atoms with Crippen LogP contribution < -0.4 is 9.86 Å². The zero-order chi connectivity index (χ0) is 23.7. The van der Waals surface area contributed by atoms with Crippen molar-refractivity contribution in [1.29, 1.82) is 0 Å². The van der Waals surface area contributed by atoms with Crippen LogP contribution in [-0.2, 0) is 20.0 Å². The highest BCUT2D eigenvalue weighted by Crippen LogP contribution is 2.23. The van der Waals surface area contributed by atoms with Crippen molar-refractivity contribution in [1.82, 2.24) is 14.2 Å². The second kappa shape index (κ2) is 9.44. The zero-order valence-electron chi connectivity index (χ0n) is 18.5. The van der Waals surface area contributed by atoms with Gasteiger partial charge in [-0.1, -0.05) is 0 Å². The van der Waals surface area contributed by atoms with Gasteiger partial charge in [0.25, 0.3) is 0 Å². The minimum Gasteiger partial charge on any atom is -0.318 e. The van der Waals surface area contributed by atoms with Gasteiger partial charge >= 0.3 is 0 Å². The topological polar surface area (TPSA) is 132 Å². The molecule has 3 rings (SSSR count). The number of primary sulfonamides is 1. The summed E-state index contributed by atoms with van der Waals surface area (Å²) in [6, 6.07) is 8.07. The van der Waals surface area contributed by atoms with E-state index in [-0.39, 0.29) is 23.1 Å². The van der Waals surface area contributed by atoms with Gasteiger partial charge in [-0.2, -0.15) is 0 Å². The Hall–Kier alpha value is -2.05. The van der Waals surface area contributed by atoms with Gasteiger partial charge in [-0.25, -0.2) is 26.7 Å². The van der Waals surface area contributed by atoms with Gasteiger partial charge in [0.05, 0.1) is 17.7 Å². The van der Waals surface area contributed by atoms with E-state index in [1.165, 1.54) is 12.1 Å². The lowest BCUT2D eigenvalue weighted by atomic mass is 9.98. The molecule has 1 aromatic carbocycles. The first-order chi connectivity index (χ1) is 14.8. The first-order valence-electron chi connectivity index (χ1n) is 10.4. The van der Waals surface area contributed by atoms with E-state index in [0.29, 0.717) is 18.7 Å². The maximum Gasteiger partial charge on any atom is 0.238 e. The quantitative estimate of drug-likeness (QED) is 0.543. The van der Waals surface area contributed by atoms with E-state index in [1.54, 1.807) is 12.1 Å². The Morgan fingerprint density at radius 2 is 1.81 bits per heavy atom. The number of hydrogen-bond donors (Lipinski definition) is 2. The molecule has 0 radical (unpaired) electrons. The number of hydrogen-bond acceptors (Lipinski definition) is 6. The van der Waals surface area contributed by atoms with Gasteiger partial charge in [0.2, 0.25) is 20.0 Å². The summed E-state index contributed by atoms with van der Waals surface area (Å²) in [5.41, 5.74) is 3.01. The normalized spacial score (nSPS) is 18.1. The molecule has 1 aromatic heterocycles. The van der Waals surface area contributed by atoms with Crippen LogP contribution >= 0.6 is 0 Å². The van der Waals surface area contributed by atoms with Crippen LogP contribution in [0.1, 0.15) is 34.6 Å². The standard InChI is InChI=1S/C21H30N4O5S2/c1-15-11-20(16(2)25(15)18-6-8-19(9-7-18)32(22,29)30)21(26)14-24-10-4-5-17(13-24)12-23-31(3,27)28/h6-9,11,17,23H,4-5,10,12-14H2,1-3H3,(H2,22,29,30). The van der Waals surface area contributed by atoms with E-state index in [0.717, 1.165) is 42.7 Å². The lowest BCUT2D eigenvalue weighted by Crippen LogP contribution is -2.42. The summed E-state index contributed by atoms with van der Waals surface area (Å²) in [7, 11) is -7.00. The van der Waals surface area contributed by atoms with Crippen molar-refractivity contribution in [3.8, 4) is 5.69 Å². The molecule has 11 heteroatoms. The first kappa shape index (κ1) is 24.6. The van der Waals surface area contributed by atoms with Gasteiger partial charge in [-0.05, 0) is 69.5 Å². The van der Waals surface area contributed by atoms with Crippen LogP contribution in [0.2, 0.25) is 0 Å². The fourth-order valence-electron chi connectivity index (χ4n) is 4.25. The average molecular weight is 483 g/mol. The van der Waals surface area contributed by atoms with Crippen molar-refractivity contribution < 1.29 is 21.6 Å². The van der Waals surface area contributed by atoms with Crippen LogP contribution in [0.5, 0.6) is 0 Å². The van der Waals surface area contributed by atoms with Crippen LogP contribution in [0.15, 0.2) is 35.2 Å². The zero-order valence-corrected chi connectivity index (χ0v) is 20.2. The van der Waals surface area contributed by atoms with Gasteiger partial charge in [0.1, 0.15) is 0 Å². The van der Waals surface area contributed by atoms with Gasteiger partial charge < -0.3 is 4.57 Å². The van der Waals surface area contributed by atoms with Crippen molar-refractivity contribution >= 4 is 25.8 Å². The first-order valence-corrected chi connectivity index (χ1v) is 13.8. The predicted molar refractivity (Wildman–Crippen MR) is 123 cm³/mol. The number of carbonyl (C=O) groups is 1. The predicted octanol–water partition coefficient (Wildman–Crippen LogP) is 1.19. The number of rotatable bonds is 8. The Morgan fingerprint density at radius 3 is 2.41 bits per heavy atom. The Labute approximate surface area is 189 Å². The lowest BCUT2D eigenvalue weighted by molar-refractivity contribution is 0.0887. The molecule has 1 unspecified atom stereocenters. The van der Waals surface area contributed by atoms with E-state index < -0.39 is 20.0 Å². The summed E-state index contributed by atoms with van der Waals surface area (Å²) in [4.78, 5) is 15.2. The lowest BCUT2D eigenvalue weighted by Gasteiger charge is -2.32. The molecular weight excluding hydrogens is 452 g/mol. The SMILES string of the molecule is Cc1cc(C(=O)CN2CCCC(CNS(C)(=O)=O)C2)c(C)n1-c1ccc(S(N)(=O)=O)cc1. The van der Waals surface area contributed by atoms with Crippen LogP contribution in [0.4, 0.5) is 0 Å². The molecule has 1 aliphatic heterocycles. The van der Waals surface area contributed by atoms with Gasteiger partial charge in [0, 0.05) is 35.7 Å². The molecule has 0 amide bonds. The summed E-state index contributed by atoms with van der Waals surface area (Å²) >= 11 is 0. The molecule has 0 aliphatic carbocycles. The molecule has 9 nitrogen and oxygen atoms in total. The second-order valence-electron chi connectivity index (χ2n) is 8.45. The number of sulfonamides is 2. The number of aryl methyl sites for hydroxylation is 1. The highest BCUT2D eigenvalue weighted by molar-refractivity contribution is 7.89. The molecule has 1 saturated heterocycles. The molecule has 0 saturated carbocycles. The number of nitrogens with two attached hydrogens (primary N) is 1. The van der Waals surface area contributed by atoms with Crippen LogP contribution in [0.3, 0.4) is 0 Å². The van der Waals surface area contributed by atoms with Crippen molar-refractivity contribution in [3.63, 3.8) is 0 Å². The minimum absolute atomic E-state index is 0.00206. The maximum absolute atomic E-state index is 13.1. The minimum atomic E-state index is -3.77. The largest absolute Gasteiger partial charge is 0.318 e.